The van der Waals surface area contributed by atoms with Gasteiger partial charge in [0.05, 0.1) is 10.5 Å². The number of carbonyl (C=O) groups excluding carboxylic acids is 1. The van der Waals surface area contributed by atoms with Gasteiger partial charge in [0.25, 0.3) is 5.69 Å². The molecule has 6 nitrogen and oxygen atoms in total. The van der Waals surface area contributed by atoms with E-state index in [1.165, 1.54) is 18.2 Å². The fourth-order valence-electron chi connectivity index (χ4n) is 1.87. The van der Waals surface area contributed by atoms with Gasteiger partial charge < -0.3 is 4.74 Å². The second-order valence-corrected chi connectivity index (χ2v) is 4.51. The highest BCUT2D eigenvalue weighted by atomic mass is 16.6. The molecule has 112 valence electrons. The molecule has 0 bridgehead atoms. The molecule has 0 aliphatic carbocycles. The molecule has 1 aromatic heterocycles. The number of aromatic nitrogens is 1. The van der Waals surface area contributed by atoms with E-state index in [1.54, 1.807) is 49.6 Å². The number of nitrogens with zero attached hydrogens (tertiary/aromatic N) is 2. The minimum Gasteiger partial charge on any atom is -0.455 e. The summed E-state index contributed by atoms with van der Waals surface area (Å²) in [6, 6.07) is 9.68. The number of carbonyl (C=O) groups is 1. The summed E-state index contributed by atoms with van der Waals surface area (Å²) in [5.41, 5.74) is 1.11. The van der Waals surface area contributed by atoms with Crippen LogP contribution < -0.4 is 0 Å². The normalized spacial score (nSPS) is 12.0. The number of nitro groups is 1. The second kappa shape index (κ2) is 7.12. The molecule has 0 radical (unpaired) electrons. The highest BCUT2D eigenvalue weighted by molar-refractivity contribution is 5.88. The Hall–Kier alpha value is -3.02. The molecule has 2 aromatic rings. The number of hydrogen-bond donors (Lipinski definition) is 0. The van der Waals surface area contributed by atoms with Crippen molar-refractivity contribution in [3.8, 4) is 0 Å². The van der Waals surface area contributed by atoms with Crippen LogP contribution in [0.3, 0.4) is 0 Å². The fourth-order valence-corrected chi connectivity index (χ4v) is 1.87. The molecular formula is C16H14N2O4. The average Bonchev–Trinajstić information content (AvgIpc) is 2.54. The molecule has 0 saturated carbocycles. The predicted octanol–water partition coefficient (Wildman–Crippen LogP) is 3.31. The summed E-state index contributed by atoms with van der Waals surface area (Å²) < 4.78 is 5.24. The largest absolute Gasteiger partial charge is 0.455 e. The van der Waals surface area contributed by atoms with E-state index in [0.717, 1.165) is 5.56 Å². The molecule has 0 N–H and O–H groups in total. The zero-order chi connectivity index (χ0) is 15.9. The van der Waals surface area contributed by atoms with Crippen molar-refractivity contribution in [1.82, 2.24) is 4.98 Å². The lowest BCUT2D eigenvalue weighted by molar-refractivity contribution is -0.385. The monoisotopic (exact) mass is 298 g/mol. The molecular weight excluding hydrogens is 284 g/mol. The highest BCUT2D eigenvalue weighted by Gasteiger charge is 2.12. The Labute approximate surface area is 127 Å². The maximum atomic E-state index is 11.8. The minimum absolute atomic E-state index is 0.0614. The molecule has 22 heavy (non-hydrogen) atoms. The Morgan fingerprint density at radius 3 is 2.64 bits per heavy atom. The van der Waals surface area contributed by atoms with E-state index in [9.17, 15) is 14.9 Å². The highest BCUT2D eigenvalue weighted by Crippen LogP contribution is 2.20. The average molecular weight is 298 g/mol. The van der Waals surface area contributed by atoms with E-state index in [-0.39, 0.29) is 5.69 Å². The van der Waals surface area contributed by atoms with Crippen LogP contribution in [0.5, 0.6) is 0 Å². The van der Waals surface area contributed by atoms with E-state index >= 15 is 0 Å². The summed E-state index contributed by atoms with van der Waals surface area (Å²) in [5, 5.41) is 10.9. The Morgan fingerprint density at radius 1 is 1.27 bits per heavy atom. The molecule has 2 rings (SSSR count). The van der Waals surface area contributed by atoms with Gasteiger partial charge in [-0.1, -0.05) is 12.1 Å². The fraction of sp³-hybridized carbons (Fsp3) is 0.125. The molecule has 0 spiro atoms. The van der Waals surface area contributed by atoms with Crippen LogP contribution in [0, 0.1) is 10.1 Å². The molecule has 0 amide bonds. The molecule has 1 heterocycles. The first-order valence-electron chi connectivity index (χ1n) is 6.60. The van der Waals surface area contributed by atoms with Crippen molar-refractivity contribution in [2.24, 2.45) is 0 Å². The Morgan fingerprint density at radius 2 is 1.95 bits per heavy atom. The second-order valence-electron chi connectivity index (χ2n) is 4.51. The van der Waals surface area contributed by atoms with Gasteiger partial charge in [0.2, 0.25) is 0 Å². The van der Waals surface area contributed by atoms with E-state index in [2.05, 4.69) is 4.98 Å². The lowest BCUT2D eigenvalue weighted by atomic mass is 10.1. The zero-order valence-electron chi connectivity index (χ0n) is 11.9. The van der Waals surface area contributed by atoms with Gasteiger partial charge in [0.15, 0.2) is 0 Å². The number of ether oxygens (including phenoxy) is 1. The van der Waals surface area contributed by atoms with Gasteiger partial charge in [0, 0.05) is 24.5 Å². The molecule has 0 aliphatic heterocycles. The molecule has 1 atom stereocenters. The lowest BCUT2D eigenvalue weighted by Crippen LogP contribution is -2.06. The number of esters is 1. The van der Waals surface area contributed by atoms with Crippen molar-refractivity contribution in [2.45, 2.75) is 13.0 Å². The van der Waals surface area contributed by atoms with Gasteiger partial charge in [0.1, 0.15) is 6.10 Å². The Balaban J connectivity index is 2.05. The van der Waals surface area contributed by atoms with Crippen molar-refractivity contribution in [3.05, 3.63) is 76.1 Å². The summed E-state index contributed by atoms with van der Waals surface area (Å²) in [4.78, 5) is 26.1. The first kappa shape index (κ1) is 15.4. The minimum atomic E-state index is -0.567. The summed E-state index contributed by atoms with van der Waals surface area (Å²) in [7, 11) is 0. The van der Waals surface area contributed by atoms with Gasteiger partial charge in [-0.2, -0.15) is 0 Å². The van der Waals surface area contributed by atoms with Crippen molar-refractivity contribution in [3.63, 3.8) is 0 Å². The van der Waals surface area contributed by atoms with Crippen LogP contribution in [-0.2, 0) is 9.53 Å². The number of nitro benzene ring substituents is 1. The number of rotatable bonds is 5. The van der Waals surface area contributed by atoms with E-state index in [4.69, 9.17) is 4.74 Å². The molecule has 6 heteroatoms. The number of hydrogen-bond acceptors (Lipinski definition) is 5. The SMILES string of the molecule is C[C@H](OC(=O)/C=C/c1ccccc1[N+](=O)[O-])c1ccncc1. The molecule has 0 aliphatic rings. The van der Waals surface area contributed by atoms with Gasteiger partial charge >= 0.3 is 5.97 Å². The molecule has 1 aromatic carbocycles. The van der Waals surface area contributed by atoms with E-state index in [0.29, 0.717) is 5.56 Å². The van der Waals surface area contributed by atoms with Crippen molar-refractivity contribution in [2.75, 3.05) is 0 Å². The summed E-state index contributed by atoms with van der Waals surface area (Å²) >= 11 is 0. The van der Waals surface area contributed by atoms with Crippen LogP contribution in [0.25, 0.3) is 6.08 Å². The first-order valence-corrected chi connectivity index (χ1v) is 6.60. The van der Waals surface area contributed by atoms with Crippen LogP contribution in [0.15, 0.2) is 54.9 Å². The van der Waals surface area contributed by atoms with Crippen LogP contribution in [0.1, 0.15) is 24.2 Å². The standard InChI is InChI=1S/C16H14N2O4/c1-12(13-8-10-17-11-9-13)22-16(19)7-6-14-4-2-3-5-15(14)18(20)21/h2-12H,1H3/b7-6+/t12-/m0/s1. The summed E-state index contributed by atoms with van der Waals surface area (Å²) in [6.45, 7) is 1.74. The Bertz CT molecular complexity index is 698. The van der Waals surface area contributed by atoms with Crippen LogP contribution in [0.2, 0.25) is 0 Å². The van der Waals surface area contributed by atoms with Gasteiger partial charge in [-0.05, 0) is 36.8 Å². The summed E-state index contributed by atoms with van der Waals surface area (Å²) in [6.07, 6.45) is 5.36. The number of benzene rings is 1. The Kier molecular flexibility index (Phi) is 4.98. The molecule has 0 unspecified atom stereocenters. The van der Waals surface area contributed by atoms with E-state index < -0.39 is 17.0 Å². The van der Waals surface area contributed by atoms with Gasteiger partial charge in [-0.3, -0.25) is 15.1 Å². The van der Waals surface area contributed by atoms with Crippen LogP contribution in [0.4, 0.5) is 5.69 Å². The third kappa shape index (κ3) is 3.99. The predicted molar refractivity (Wildman–Crippen MR) is 80.9 cm³/mol. The number of pyridine rings is 1. The lowest BCUT2D eigenvalue weighted by Gasteiger charge is -2.11. The third-order valence-electron chi connectivity index (χ3n) is 3.00. The number of para-hydroxylation sites is 1. The maximum absolute atomic E-state index is 11.8. The van der Waals surface area contributed by atoms with Crippen LogP contribution >= 0.6 is 0 Å². The summed E-state index contributed by atoms with van der Waals surface area (Å²) in [5.74, 6) is -0.567. The smallest absolute Gasteiger partial charge is 0.331 e. The van der Waals surface area contributed by atoms with Gasteiger partial charge in [-0.25, -0.2) is 4.79 Å². The topological polar surface area (TPSA) is 82.3 Å². The van der Waals surface area contributed by atoms with Crippen LogP contribution in [-0.4, -0.2) is 15.9 Å². The maximum Gasteiger partial charge on any atom is 0.331 e. The van der Waals surface area contributed by atoms with E-state index in [1.807, 2.05) is 0 Å². The van der Waals surface area contributed by atoms with Gasteiger partial charge in [-0.15, -0.1) is 0 Å². The van der Waals surface area contributed by atoms with Crippen molar-refractivity contribution >= 4 is 17.7 Å². The molecule has 0 fully saturated rings. The van der Waals surface area contributed by atoms with Crippen molar-refractivity contribution in [1.29, 1.82) is 0 Å². The molecule has 0 saturated heterocycles. The third-order valence-corrected chi connectivity index (χ3v) is 3.00. The first-order chi connectivity index (χ1) is 10.6. The van der Waals surface area contributed by atoms with Crippen molar-refractivity contribution < 1.29 is 14.5 Å². The quantitative estimate of drug-likeness (QED) is 0.366. The zero-order valence-corrected chi connectivity index (χ0v) is 11.9.